The maximum atomic E-state index is 12.3. The van der Waals surface area contributed by atoms with Crippen molar-refractivity contribution in [2.45, 2.75) is 105 Å². The number of alkyl carbamates (subject to hydrolysis) is 1. The highest BCUT2D eigenvalue weighted by atomic mass is 16.6. The Labute approximate surface area is 275 Å². The maximum Gasteiger partial charge on any atom is 0.407 e. The molecule has 0 saturated heterocycles. The lowest BCUT2D eigenvalue weighted by atomic mass is 10.1. The Hall–Kier alpha value is -3.45. The molecule has 0 fully saturated rings. The van der Waals surface area contributed by atoms with E-state index in [-0.39, 0.29) is 31.8 Å². The molecule has 0 spiro atoms. The molecular weight excluding hydrogens is 600 g/mol. The molecule has 0 unspecified atom stereocenters. The van der Waals surface area contributed by atoms with E-state index in [0.717, 1.165) is 58.0 Å². The molecule has 0 aromatic rings. The Morgan fingerprint density at radius 1 is 0.674 bits per heavy atom. The van der Waals surface area contributed by atoms with Crippen LogP contribution in [0.25, 0.3) is 0 Å². The maximum absolute atomic E-state index is 12.3. The largest absolute Gasteiger partial charge is 0.464 e. The van der Waals surface area contributed by atoms with Crippen molar-refractivity contribution in [2.75, 3.05) is 52.7 Å². The molecule has 0 bridgehead atoms. The summed E-state index contributed by atoms with van der Waals surface area (Å²) in [4.78, 5) is 55.4. The predicted molar refractivity (Wildman–Crippen MR) is 174 cm³/mol. The number of carbonyl (C=O) groups is 5. The van der Waals surface area contributed by atoms with Crippen molar-refractivity contribution < 1.29 is 52.4 Å². The molecule has 13 nitrogen and oxygen atoms in total. The lowest BCUT2D eigenvalue weighted by Gasteiger charge is -2.23. The third-order valence-electron chi connectivity index (χ3n) is 5.81. The fourth-order valence-corrected chi connectivity index (χ4v) is 3.18. The molecule has 0 aromatic heterocycles. The van der Waals surface area contributed by atoms with Gasteiger partial charge in [0.15, 0.2) is 5.60 Å². The number of esters is 3. The Morgan fingerprint density at radius 2 is 1.15 bits per heavy atom. The minimum atomic E-state index is -0.967. The third-order valence-corrected chi connectivity index (χ3v) is 5.81. The van der Waals surface area contributed by atoms with Gasteiger partial charge in [-0.15, -0.1) is 0 Å². The van der Waals surface area contributed by atoms with Gasteiger partial charge in [-0.1, -0.05) is 26.0 Å². The van der Waals surface area contributed by atoms with Gasteiger partial charge in [0, 0.05) is 24.4 Å². The van der Waals surface area contributed by atoms with Gasteiger partial charge in [0.2, 0.25) is 6.41 Å². The minimum absolute atomic E-state index is 0.0685. The number of amides is 2. The topological polar surface area (TPSA) is 165 Å². The van der Waals surface area contributed by atoms with E-state index in [1.807, 2.05) is 13.8 Å². The summed E-state index contributed by atoms with van der Waals surface area (Å²) in [6.45, 7) is 20.2. The number of rotatable bonds is 26. The van der Waals surface area contributed by atoms with Crippen molar-refractivity contribution in [3.05, 3.63) is 24.3 Å². The molecule has 13 heteroatoms. The lowest BCUT2D eigenvalue weighted by Crippen LogP contribution is -2.37. The summed E-state index contributed by atoms with van der Waals surface area (Å²) in [5.41, 5.74) is -0.298. The zero-order valence-electron chi connectivity index (χ0n) is 28.9. The molecule has 0 aliphatic heterocycles. The van der Waals surface area contributed by atoms with Crippen LogP contribution in [0.4, 0.5) is 4.79 Å². The predicted octanol–water partition coefficient (Wildman–Crippen LogP) is 4.57. The molecular formula is C33H58N2O11. The quantitative estimate of drug-likeness (QED) is 0.0440. The first-order chi connectivity index (χ1) is 21.7. The SMILES string of the molecule is C=C(C)C(=O)OCCNC(=O)OCCCCCCOC(C)(C)C(=O)OCCCCCCOC(C)C.C=C(C)C(=O)OCCNC=O. The summed E-state index contributed by atoms with van der Waals surface area (Å²) in [6.07, 6.45) is 7.51. The van der Waals surface area contributed by atoms with E-state index in [1.54, 1.807) is 27.7 Å². The number of nitrogens with one attached hydrogen (secondary N) is 2. The number of carbonyl (C=O) groups excluding carboxylic acids is 5. The number of hydrogen-bond acceptors (Lipinski definition) is 11. The lowest BCUT2D eigenvalue weighted by molar-refractivity contribution is -0.168. The van der Waals surface area contributed by atoms with Crippen LogP contribution in [0.3, 0.4) is 0 Å². The fourth-order valence-electron chi connectivity index (χ4n) is 3.18. The zero-order valence-corrected chi connectivity index (χ0v) is 28.9. The van der Waals surface area contributed by atoms with Gasteiger partial charge in [-0.2, -0.15) is 0 Å². The van der Waals surface area contributed by atoms with E-state index in [1.165, 1.54) is 0 Å². The van der Waals surface area contributed by atoms with Crippen molar-refractivity contribution in [2.24, 2.45) is 0 Å². The second-order valence-corrected chi connectivity index (χ2v) is 11.2. The molecule has 266 valence electrons. The van der Waals surface area contributed by atoms with Crippen LogP contribution in [0.1, 0.15) is 92.9 Å². The number of unbranched alkanes of at least 4 members (excludes halogenated alkanes) is 6. The monoisotopic (exact) mass is 658 g/mol. The van der Waals surface area contributed by atoms with Crippen molar-refractivity contribution in [1.29, 1.82) is 0 Å². The molecule has 46 heavy (non-hydrogen) atoms. The Balaban J connectivity index is 0. The van der Waals surface area contributed by atoms with Crippen LogP contribution < -0.4 is 10.6 Å². The van der Waals surface area contributed by atoms with Crippen LogP contribution >= 0.6 is 0 Å². The normalized spacial score (nSPS) is 10.6. The van der Waals surface area contributed by atoms with Crippen LogP contribution in [0.15, 0.2) is 24.3 Å². The molecule has 0 aliphatic rings. The number of hydrogen-bond donors (Lipinski definition) is 2. The van der Waals surface area contributed by atoms with Crippen LogP contribution in [0.5, 0.6) is 0 Å². The first-order valence-electron chi connectivity index (χ1n) is 15.9. The van der Waals surface area contributed by atoms with E-state index in [0.29, 0.717) is 43.9 Å². The Kier molecular flexibility index (Phi) is 28.1. The molecule has 0 rings (SSSR count). The highest BCUT2D eigenvalue weighted by Crippen LogP contribution is 2.14. The summed E-state index contributed by atoms with van der Waals surface area (Å²) in [5.74, 6) is -1.26. The minimum Gasteiger partial charge on any atom is -0.464 e. The molecule has 2 N–H and O–H groups in total. The smallest absolute Gasteiger partial charge is 0.407 e. The summed E-state index contributed by atoms with van der Waals surface area (Å²) in [7, 11) is 0. The van der Waals surface area contributed by atoms with Crippen molar-refractivity contribution >= 4 is 30.4 Å². The van der Waals surface area contributed by atoms with Crippen molar-refractivity contribution in [1.82, 2.24) is 10.6 Å². The average molecular weight is 659 g/mol. The van der Waals surface area contributed by atoms with Crippen molar-refractivity contribution in [3.63, 3.8) is 0 Å². The summed E-state index contributed by atoms with van der Waals surface area (Å²) in [5, 5.41) is 4.87. The average Bonchev–Trinajstić information content (AvgIpc) is 2.99. The van der Waals surface area contributed by atoms with Crippen molar-refractivity contribution in [3.8, 4) is 0 Å². The van der Waals surface area contributed by atoms with Gasteiger partial charge in [0.05, 0.1) is 32.4 Å². The number of ether oxygens (including phenoxy) is 6. The Morgan fingerprint density at radius 3 is 1.65 bits per heavy atom. The van der Waals surface area contributed by atoms with Gasteiger partial charge in [0.1, 0.15) is 13.2 Å². The van der Waals surface area contributed by atoms with E-state index >= 15 is 0 Å². The fraction of sp³-hybridized carbons (Fsp3) is 0.727. The second-order valence-electron chi connectivity index (χ2n) is 11.2. The molecule has 0 radical (unpaired) electrons. The summed E-state index contributed by atoms with van der Waals surface area (Å²) in [6, 6.07) is 0. The highest BCUT2D eigenvalue weighted by Gasteiger charge is 2.30. The molecule has 0 atom stereocenters. The zero-order chi connectivity index (χ0) is 35.2. The molecule has 0 aliphatic carbocycles. The van der Waals surface area contributed by atoms with E-state index in [9.17, 15) is 24.0 Å². The summed E-state index contributed by atoms with van der Waals surface area (Å²) < 4.78 is 31.2. The third kappa shape index (κ3) is 29.3. The van der Waals surface area contributed by atoms with Gasteiger partial charge in [-0.25, -0.2) is 19.2 Å². The second kappa shape index (κ2) is 29.0. The van der Waals surface area contributed by atoms with Crippen LogP contribution in [-0.4, -0.2) is 94.8 Å². The van der Waals surface area contributed by atoms with E-state index in [4.69, 9.17) is 23.7 Å². The highest BCUT2D eigenvalue weighted by molar-refractivity contribution is 5.87. The molecule has 0 aromatic carbocycles. The van der Waals surface area contributed by atoms with Crippen LogP contribution in [-0.2, 0) is 47.6 Å². The van der Waals surface area contributed by atoms with Gasteiger partial charge < -0.3 is 39.1 Å². The van der Waals surface area contributed by atoms with Gasteiger partial charge in [-0.05, 0) is 80.1 Å². The summed E-state index contributed by atoms with van der Waals surface area (Å²) >= 11 is 0. The van der Waals surface area contributed by atoms with Gasteiger partial charge >= 0.3 is 24.0 Å². The first kappa shape index (κ1) is 44.7. The molecule has 0 saturated carbocycles. The molecule has 0 heterocycles. The van der Waals surface area contributed by atoms with Gasteiger partial charge in [0.25, 0.3) is 0 Å². The molecule has 2 amide bonds. The van der Waals surface area contributed by atoms with Gasteiger partial charge in [-0.3, -0.25) is 4.79 Å². The van der Waals surface area contributed by atoms with E-state index in [2.05, 4.69) is 28.5 Å². The van der Waals surface area contributed by atoms with E-state index < -0.39 is 23.6 Å². The van der Waals surface area contributed by atoms with Crippen LogP contribution in [0, 0.1) is 0 Å². The first-order valence-corrected chi connectivity index (χ1v) is 15.9. The van der Waals surface area contributed by atoms with Crippen LogP contribution in [0.2, 0.25) is 0 Å². The Bertz CT molecular complexity index is 904. The standard InChI is InChI=1S/C26H47NO8.C7H11NO3/c1-21(2)23(28)32-20-15-27-25(30)34-18-13-9-10-14-19-35-26(5,6)24(29)33-17-12-8-7-11-16-31-22(3)4;1-6(2)7(10)11-4-3-8-5-9/h22H,1,7-20H2,2-6H3,(H,27,30);5H,1,3-4H2,2H3,(H,8,9).